The van der Waals surface area contributed by atoms with Crippen molar-refractivity contribution >= 4 is 0 Å². The lowest BCUT2D eigenvalue weighted by Crippen LogP contribution is -2.32. The van der Waals surface area contributed by atoms with Gasteiger partial charge >= 0.3 is 0 Å². The Morgan fingerprint density at radius 3 is 1.94 bits per heavy atom. The summed E-state index contributed by atoms with van der Waals surface area (Å²) in [6, 6.07) is 0. The maximum atomic E-state index is 5.47. The molecule has 0 aliphatic rings. The highest BCUT2D eigenvalue weighted by Gasteiger charge is 2.29. The van der Waals surface area contributed by atoms with Crippen molar-refractivity contribution in [2.75, 3.05) is 27.4 Å². The van der Waals surface area contributed by atoms with Gasteiger partial charge in [0.15, 0.2) is 0 Å². The first-order valence-electron chi connectivity index (χ1n) is 7.58. The second kappa shape index (κ2) is 10.8. The Morgan fingerprint density at radius 2 is 1.50 bits per heavy atom. The predicted molar refractivity (Wildman–Crippen MR) is 79.0 cm³/mol. The molecule has 0 atom stereocenters. The highest BCUT2D eigenvalue weighted by Crippen LogP contribution is 2.33. The van der Waals surface area contributed by atoms with Crippen molar-refractivity contribution in [1.29, 1.82) is 0 Å². The summed E-state index contributed by atoms with van der Waals surface area (Å²) >= 11 is 0. The molecule has 2 nitrogen and oxygen atoms in total. The quantitative estimate of drug-likeness (QED) is 0.473. The average molecular weight is 258 g/mol. The van der Waals surface area contributed by atoms with Gasteiger partial charge in [0.1, 0.15) is 0 Å². The van der Waals surface area contributed by atoms with Crippen LogP contribution in [0.25, 0.3) is 0 Å². The molecule has 0 fully saturated rings. The van der Waals surface area contributed by atoms with Crippen LogP contribution in [0.15, 0.2) is 0 Å². The number of methoxy groups -OCH3 is 2. The van der Waals surface area contributed by atoms with Crippen molar-refractivity contribution in [3.05, 3.63) is 0 Å². The van der Waals surface area contributed by atoms with E-state index in [2.05, 4.69) is 20.8 Å². The molecule has 0 radical (unpaired) electrons. The number of ether oxygens (including phenoxy) is 2. The van der Waals surface area contributed by atoms with Gasteiger partial charge < -0.3 is 9.47 Å². The lowest BCUT2D eigenvalue weighted by atomic mass is 9.78. The molecule has 0 saturated heterocycles. The van der Waals surface area contributed by atoms with Gasteiger partial charge in [-0.3, -0.25) is 0 Å². The van der Waals surface area contributed by atoms with Crippen LogP contribution in [0.5, 0.6) is 0 Å². The van der Waals surface area contributed by atoms with Gasteiger partial charge in [0.05, 0.1) is 13.2 Å². The van der Waals surface area contributed by atoms with Gasteiger partial charge in [-0.25, -0.2) is 0 Å². The highest BCUT2D eigenvalue weighted by atomic mass is 16.5. The Kier molecular flexibility index (Phi) is 10.8. The first-order valence-corrected chi connectivity index (χ1v) is 7.58. The minimum absolute atomic E-state index is 0.238. The summed E-state index contributed by atoms with van der Waals surface area (Å²) in [5.41, 5.74) is 0.238. The lowest BCUT2D eigenvalue weighted by Gasteiger charge is -2.33. The van der Waals surface area contributed by atoms with Gasteiger partial charge in [-0.15, -0.1) is 0 Å². The largest absolute Gasteiger partial charge is 0.384 e. The number of hydrogen-bond acceptors (Lipinski definition) is 2. The van der Waals surface area contributed by atoms with Crippen LogP contribution < -0.4 is 0 Å². The Morgan fingerprint density at radius 1 is 0.889 bits per heavy atom. The molecule has 0 aromatic carbocycles. The third-order valence-electron chi connectivity index (χ3n) is 3.71. The van der Waals surface area contributed by atoms with Crippen LogP contribution in [0.4, 0.5) is 0 Å². The topological polar surface area (TPSA) is 18.5 Å². The van der Waals surface area contributed by atoms with E-state index in [1.54, 1.807) is 0 Å². The molecule has 0 aromatic heterocycles. The molecule has 0 N–H and O–H groups in total. The molecule has 0 saturated carbocycles. The van der Waals surface area contributed by atoms with E-state index in [9.17, 15) is 0 Å². The Balaban J connectivity index is 4.32. The number of hydrogen-bond donors (Lipinski definition) is 0. The van der Waals surface area contributed by atoms with Crippen LogP contribution in [-0.2, 0) is 9.47 Å². The minimum atomic E-state index is 0.238. The molecule has 0 heterocycles. The smallest absolute Gasteiger partial charge is 0.0540 e. The molecule has 0 bridgehead atoms. The molecule has 0 spiro atoms. The van der Waals surface area contributed by atoms with Crippen LogP contribution >= 0.6 is 0 Å². The second-order valence-electron chi connectivity index (χ2n) is 6.11. The fraction of sp³-hybridized carbons (Fsp3) is 1.00. The lowest BCUT2D eigenvalue weighted by molar-refractivity contribution is -0.00598. The zero-order valence-electron chi connectivity index (χ0n) is 13.3. The van der Waals surface area contributed by atoms with Crippen LogP contribution in [0.2, 0.25) is 0 Å². The predicted octanol–water partition coefficient (Wildman–Crippen LogP) is 4.67. The Labute approximate surface area is 114 Å². The third-order valence-corrected chi connectivity index (χ3v) is 3.71. The molecule has 110 valence electrons. The second-order valence-corrected chi connectivity index (χ2v) is 6.11. The van der Waals surface area contributed by atoms with Crippen molar-refractivity contribution in [1.82, 2.24) is 0 Å². The summed E-state index contributed by atoms with van der Waals surface area (Å²) in [4.78, 5) is 0. The van der Waals surface area contributed by atoms with Gasteiger partial charge in [-0.2, -0.15) is 0 Å². The van der Waals surface area contributed by atoms with E-state index >= 15 is 0 Å². The van der Waals surface area contributed by atoms with Crippen molar-refractivity contribution in [3.8, 4) is 0 Å². The summed E-state index contributed by atoms with van der Waals surface area (Å²) in [5.74, 6) is 0.758. The molecule has 0 aliphatic carbocycles. The van der Waals surface area contributed by atoms with Crippen LogP contribution in [-0.4, -0.2) is 27.4 Å². The van der Waals surface area contributed by atoms with Crippen LogP contribution in [0.1, 0.15) is 65.7 Å². The Bertz CT molecular complexity index is 172. The van der Waals surface area contributed by atoms with E-state index in [0.29, 0.717) is 0 Å². The summed E-state index contributed by atoms with van der Waals surface area (Å²) in [6.07, 6.45) is 9.01. The molecular weight excluding hydrogens is 224 g/mol. The first-order chi connectivity index (χ1) is 8.60. The molecule has 0 aliphatic heterocycles. The van der Waals surface area contributed by atoms with E-state index in [-0.39, 0.29) is 5.41 Å². The maximum absolute atomic E-state index is 5.47. The molecule has 2 heteroatoms. The zero-order valence-corrected chi connectivity index (χ0v) is 13.3. The fourth-order valence-electron chi connectivity index (χ4n) is 2.59. The number of rotatable bonds is 12. The zero-order chi connectivity index (χ0) is 13.9. The molecule has 0 amide bonds. The van der Waals surface area contributed by atoms with Crippen molar-refractivity contribution < 1.29 is 9.47 Å². The van der Waals surface area contributed by atoms with Gasteiger partial charge in [0, 0.05) is 19.6 Å². The van der Waals surface area contributed by atoms with Crippen molar-refractivity contribution in [2.45, 2.75) is 65.7 Å². The summed E-state index contributed by atoms with van der Waals surface area (Å²) in [5, 5.41) is 0. The molecule has 0 aromatic rings. The van der Waals surface area contributed by atoms with E-state index in [1.807, 2.05) is 14.2 Å². The monoisotopic (exact) mass is 258 g/mol. The van der Waals surface area contributed by atoms with E-state index in [1.165, 1.54) is 44.9 Å². The van der Waals surface area contributed by atoms with E-state index < -0.39 is 0 Å². The Hall–Kier alpha value is -0.0800. The SMILES string of the molecule is CCCCCCC(CCC(C)C)(COC)COC. The van der Waals surface area contributed by atoms with Gasteiger partial charge in [0.2, 0.25) is 0 Å². The maximum Gasteiger partial charge on any atom is 0.0540 e. The highest BCUT2D eigenvalue weighted by molar-refractivity contribution is 4.79. The van der Waals surface area contributed by atoms with Crippen molar-refractivity contribution in [3.63, 3.8) is 0 Å². The standard InChI is InChI=1S/C16H34O2/c1-6-7-8-9-11-16(13-17-4,14-18-5)12-10-15(2)3/h15H,6-14H2,1-5H3. The fourth-order valence-corrected chi connectivity index (χ4v) is 2.59. The van der Waals surface area contributed by atoms with Crippen LogP contribution in [0, 0.1) is 11.3 Å². The minimum Gasteiger partial charge on any atom is -0.384 e. The van der Waals surface area contributed by atoms with Gasteiger partial charge in [-0.05, 0) is 18.8 Å². The average Bonchev–Trinajstić information content (AvgIpc) is 2.33. The van der Waals surface area contributed by atoms with Gasteiger partial charge in [-0.1, -0.05) is 52.9 Å². The summed E-state index contributed by atoms with van der Waals surface area (Å²) in [6.45, 7) is 8.51. The van der Waals surface area contributed by atoms with Crippen molar-refractivity contribution in [2.24, 2.45) is 11.3 Å². The van der Waals surface area contributed by atoms with Crippen LogP contribution in [0.3, 0.4) is 0 Å². The van der Waals surface area contributed by atoms with Gasteiger partial charge in [0.25, 0.3) is 0 Å². The third kappa shape index (κ3) is 8.10. The molecule has 18 heavy (non-hydrogen) atoms. The molecular formula is C16H34O2. The normalized spacial score (nSPS) is 12.3. The summed E-state index contributed by atoms with van der Waals surface area (Å²) in [7, 11) is 3.62. The van der Waals surface area contributed by atoms with E-state index in [0.717, 1.165) is 19.1 Å². The first kappa shape index (κ1) is 17.9. The van der Waals surface area contributed by atoms with E-state index in [4.69, 9.17) is 9.47 Å². The molecule has 0 unspecified atom stereocenters. The summed E-state index contributed by atoms with van der Waals surface area (Å²) < 4.78 is 10.9. The molecule has 0 rings (SSSR count). The number of unbranched alkanes of at least 4 members (excludes halogenated alkanes) is 3.